The van der Waals surface area contributed by atoms with Gasteiger partial charge in [0.1, 0.15) is 5.75 Å². The Morgan fingerprint density at radius 3 is 2.18 bits per heavy atom. The van der Waals surface area contributed by atoms with Crippen molar-refractivity contribution in [2.45, 2.75) is 46.4 Å². The van der Waals surface area contributed by atoms with E-state index in [2.05, 4.69) is 5.32 Å². The summed E-state index contributed by atoms with van der Waals surface area (Å²) in [6, 6.07) is 5.25. The van der Waals surface area contributed by atoms with Crippen LogP contribution in [0.15, 0.2) is 52.3 Å². The van der Waals surface area contributed by atoms with Crippen LogP contribution in [0.25, 0.3) is 0 Å². The number of aliphatic carboxylic acids is 1. The topological polar surface area (TPSA) is 127 Å². The van der Waals surface area contributed by atoms with Crippen LogP contribution >= 0.6 is 0 Å². The summed E-state index contributed by atoms with van der Waals surface area (Å²) >= 11 is 0. The lowest BCUT2D eigenvalue weighted by molar-refractivity contribution is -0.139. The van der Waals surface area contributed by atoms with Gasteiger partial charge in [-0.1, -0.05) is 0 Å². The van der Waals surface area contributed by atoms with Crippen molar-refractivity contribution in [1.29, 1.82) is 0 Å². The fourth-order valence-corrected chi connectivity index (χ4v) is 8.73. The number of ether oxygens (including phenoxy) is 1. The number of carbonyl (C=O) groups is 1. The quantitative estimate of drug-likeness (QED) is 0.543. The van der Waals surface area contributed by atoms with Gasteiger partial charge >= 0.3 is 12.1 Å². The summed E-state index contributed by atoms with van der Waals surface area (Å²) in [5.41, 5.74) is -0.787. The van der Waals surface area contributed by atoms with E-state index in [0.717, 1.165) is 18.2 Å². The molecule has 34 heavy (non-hydrogen) atoms. The summed E-state index contributed by atoms with van der Waals surface area (Å²) in [7, 11) is -9.17. The number of benzene rings is 2. The van der Waals surface area contributed by atoms with E-state index in [1.165, 1.54) is 19.1 Å². The van der Waals surface area contributed by atoms with E-state index in [1.54, 1.807) is 0 Å². The highest BCUT2D eigenvalue weighted by atomic mass is 32.3. The van der Waals surface area contributed by atoms with E-state index in [4.69, 9.17) is 9.84 Å². The van der Waals surface area contributed by atoms with Crippen molar-refractivity contribution in [3.05, 3.63) is 53.6 Å². The minimum absolute atomic E-state index is 0.113. The predicted octanol–water partition coefficient (Wildman–Crippen LogP) is 2.80. The zero-order valence-electron chi connectivity index (χ0n) is 17.9. The van der Waals surface area contributed by atoms with Gasteiger partial charge in [0.15, 0.2) is 30.9 Å². The first-order valence-corrected chi connectivity index (χ1v) is 13.2. The summed E-state index contributed by atoms with van der Waals surface area (Å²) < 4.78 is 95.8. The van der Waals surface area contributed by atoms with Crippen molar-refractivity contribution in [3.63, 3.8) is 0 Å². The van der Waals surface area contributed by atoms with Crippen LogP contribution < -0.4 is 10.1 Å². The minimum Gasteiger partial charge on any atom is -0.482 e. The Bertz CT molecular complexity index is 1270. The van der Waals surface area contributed by atoms with Gasteiger partial charge in [0.05, 0.1) is 15.4 Å². The minimum atomic E-state index is -4.68. The number of nitrogens with one attached hydrogen (secondary N) is 1. The van der Waals surface area contributed by atoms with E-state index >= 15 is 0 Å². The largest absolute Gasteiger partial charge is 0.482 e. The molecule has 2 unspecified atom stereocenters. The van der Waals surface area contributed by atoms with Crippen LogP contribution in [0.1, 0.15) is 24.0 Å². The van der Waals surface area contributed by atoms with Crippen LogP contribution in [0.4, 0.5) is 13.2 Å². The number of aryl methyl sites for hydroxylation is 1. The van der Waals surface area contributed by atoms with Crippen molar-refractivity contribution < 1.29 is 44.6 Å². The molecular weight excluding hydrogens is 499 g/mol. The lowest BCUT2D eigenvalue weighted by Crippen LogP contribution is -2.45. The van der Waals surface area contributed by atoms with E-state index in [1.807, 2.05) is 0 Å². The molecule has 2 aromatic rings. The van der Waals surface area contributed by atoms with Gasteiger partial charge < -0.3 is 15.2 Å². The molecule has 186 valence electrons. The molecule has 0 spiro atoms. The van der Waals surface area contributed by atoms with Crippen LogP contribution in [0.3, 0.4) is 0 Å². The molecule has 0 aromatic heterocycles. The highest BCUT2D eigenvalue weighted by Gasteiger charge is 2.46. The fourth-order valence-electron chi connectivity index (χ4n) is 3.75. The van der Waals surface area contributed by atoms with Crippen LogP contribution in [0.5, 0.6) is 5.75 Å². The number of sulfone groups is 2. The molecule has 2 N–H and O–H groups in total. The lowest BCUT2D eigenvalue weighted by Gasteiger charge is -2.24. The second kappa shape index (κ2) is 9.55. The number of carboxylic acid groups (broad SMARTS) is 1. The first-order chi connectivity index (χ1) is 15.7. The van der Waals surface area contributed by atoms with E-state index in [0.29, 0.717) is 25.1 Å². The second-order valence-electron chi connectivity index (χ2n) is 7.79. The molecular formula is C21H22F3NO7S2. The lowest BCUT2D eigenvalue weighted by atomic mass is 10.2. The molecule has 1 heterocycles. The standard InChI is InChI=1S/C21H22F3NO7S2/c1-13-11-16(8-9-18(13)32-12-19(26)27)34(30,31)20(17-3-2-10-25-17)33(28,29)15-6-4-14(5-7-15)21(22,23)24/h4-9,11,17,20,25H,2-3,10,12H2,1H3,(H,26,27). The number of hydrogen-bond donors (Lipinski definition) is 2. The molecule has 8 nitrogen and oxygen atoms in total. The maximum atomic E-state index is 13.6. The van der Waals surface area contributed by atoms with Gasteiger partial charge in [-0.15, -0.1) is 0 Å². The summed E-state index contributed by atoms with van der Waals surface area (Å²) in [5.74, 6) is -1.12. The van der Waals surface area contributed by atoms with Gasteiger partial charge in [-0.2, -0.15) is 13.2 Å². The van der Waals surface area contributed by atoms with Crippen molar-refractivity contribution in [1.82, 2.24) is 5.32 Å². The van der Waals surface area contributed by atoms with E-state index < -0.39 is 59.5 Å². The molecule has 1 fully saturated rings. The third-order valence-corrected chi connectivity index (χ3v) is 10.6. The second-order valence-corrected chi connectivity index (χ2v) is 12.2. The molecule has 13 heteroatoms. The van der Waals surface area contributed by atoms with E-state index in [9.17, 15) is 34.8 Å². The average Bonchev–Trinajstić information content (AvgIpc) is 3.25. The van der Waals surface area contributed by atoms with Crippen molar-refractivity contribution >= 4 is 25.6 Å². The molecule has 2 atom stereocenters. The zero-order valence-corrected chi connectivity index (χ0v) is 19.5. The van der Waals surface area contributed by atoms with Gasteiger partial charge in [0.2, 0.25) is 0 Å². The maximum Gasteiger partial charge on any atom is 0.416 e. The van der Waals surface area contributed by atoms with Gasteiger partial charge in [-0.05, 0) is 74.3 Å². The Labute approximate surface area is 194 Å². The molecule has 0 bridgehead atoms. The number of halogens is 3. The summed E-state index contributed by atoms with van der Waals surface area (Å²) in [5, 5.41) is 11.6. The predicted molar refractivity (Wildman–Crippen MR) is 115 cm³/mol. The fraction of sp³-hybridized carbons (Fsp3) is 0.381. The number of rotatable bonds is 8. The number of alkyl halides is 3. The molecule has 0 aliphatic carbocycles. The first kappa shape index (κ1) is 26.0. The van der Waals surface area contributed by atoms with Gasteiger partial charge in [-0.3, -0.25) is 0 Å². The molecule has 3 rings (SSSR count). The SMILES string of the molecule is Cc1cc(S(=O)(=O)C(C2CCCN2)S(=O)(=O)c2ccc(C(F)(F)F)cc2)ccc1OCC(=O)O. The highest BCUT2D eigenvalue weighted by Crippen LogP contribution is 2.34. The van der Waals surface area contributed by atoms with Crippen LogP contribution in [0, 0.1) is 6.92 Å². The van der Waals surface area contributed by atoms with Gasteiger partial charge in [-0.25, -0.2) is 21.6 Å². The maximum absolute atomic E-state index is 13.6. The van der Waals surface area contributed by atoms with Crippen molar-refractivity contribution in [2.75, 3.05) is 13.2 Å². The zero-order chi connectivity index (χ0) is 25.3. The van der Waals surface area contributed by atoms with Crippen molar-refractivity contribution in [3.8, 4) is 5.75 Å². The molecule has 1 aliphatic heterocycles. The molecule has 1 aliphatic rings. The molecule has 1 saturated heterocycles. The first-order valence-electron chi connectivity index (χ1n) is 10.1. The Kier molecular flexibility index (Phi) is 7.29. The average molecular weight is 522 g/mol. The highest BCUT2D eigenvalue weighted by molar-refractivity contribution is 8.09. The molecule has 0 amide bonds. The van der Waals surface area contributed by atoms with Crippen molar-refractivity contribution in [2.24, 2.45) is 0 Å². The molecule has 2 aromatic carbocycles. The smallest absolute Gasteiger partial charge is 0.416 e. The monoisotopic (exact) mass is 521 g/mol. The normalized spacial score (nSPS) is 17.9. The van der Waals surface area contributed by atoms with Gasteiger partial charge in [0.25, 0.3) is 0 Å². The summed E-state index contributed by atoms with van der Waals surface area (Å²) in [6.07, 6.45) is -3.91. The number of carboxylic acids is 1. The Morgan fingerprint density at radius 1 is 1.09 bits per heavy atom. The molecule has 0 saturated carbocycles. The summed E-state index contributed by atoms with van der Waals surface area (Å²) in [4.78, 5) is 9.84. The Balaban J connectivity index is 2.05. The van der Waals surface area contributed by atoms with E-state index in [-0.39, 0.29) is 22.6 Å². The third kappa shape index (κ3) is 5.36. The molecule has 0 radical (unpaired) electrons. The van der Waals surface area contributed by atoms with Crippen LogP contribution in [-0.2, 0) is 30.6 Å². The van der Waals surface area contributed by atoms with Crippen LogP contribution in [0.2, 0.25) is 0 Å². The van der Waals surface area contributed by atoms with Gasteiger partial charge in [0, 0.05) is 6.04 Å². The van der Waals surface area contributed by atoms with Crippen LogP contribution in [-0.4, -0.2) is 51.7 Å². The Morgan fingerprint density at radius 2 is 1.68 bits per heavy atom. The summed E-state index contributed by atoms with van der Waals surface area (Å²) in [6.45, 7) is 1.22. The number of hydrogen-bond acceptors (Lipinski definition) is 7. The Hall–Kier alpha value is -2.64. The third-order valence-electron chi connectivity index (χ3n) is 5.37.